The lowest BCUT2D eigenvalue weighted by Crippen LogP contribution is -2.24. The minimum Gasteiger partial charge on any atom is -0.550 e. The quantitative estimate of drug-likeness (QED) is 0.571. The third kappa shape index (κ3) is 3.86. The molecule has 0 fully saturated rings. The van der Waals surface area contributed by atoms with Gasteiger partial charge in [0.1, 0.15) is 17.9 Å². The molecule has 2 aromatic carbocycles. The van der Waals surface area contributed by atoms with E-state index < -0.39 is 11.6 Å². The molecule has 8 heteroatoms. The van der Waals surface area contributed by atoms with Crippen molar-refractivity contribution in [3.05, 3.63) is 62.5 Å². The number of benzene rings is 2. The third-order valence-electron chi connectivity index (χ3n) is 4.77. The predicted octanol–water partition coefficient (Wildman–Crippen LogP) is 2.75. The number of hydrogen-bond acceptors (Lipinski definition) is 7. The SMILES string of the molecule is Cc1c(CCC(=O)[O-])c(=O)oc2cc(OCc3cc4c(cc3Cl)OCO4)ccc12. The van der Waals surface area contributed by atoms with E-state index in [1.165, 1.54) is 0 Å². The highest BCUT2D eigenvalue weighted by molar-refractivity contribution is 6.31. The van der Waals surface area contributed by atoms with Crippen LogP contribution in [0, 0.1) is 6.92 Å². The summed E-state index contributed by atoms with van der Waals surface area (Å²) in [6, 6.07) is 8.58. The first-order valence-corrected chi connectivity index (χ1v) is 9.27. The summed E-state index contributed by atoms with van der Waals surface area (Å²) in [5.41, 5.74) is 1.54. The van der Waals surface area contributed by atoms with Gasteiger partial charge in [0.2, 0.25) is 6.79 Å². The Morgan fingerprint density at radius 2 is 1.97 bits per heavy atom. The molecular weight excluding hydrogens is 400 g/mol. The van der Waals surface area contributed by atoms with Gasteiger partial charge in [-0.3, -0.25) is 0 Å². The number of halogens is 1. The summed E-state index contributed by atoms with van der Waals surface area (Å²) in [5, 5.41) is 11.9. The highest BCUT2D eigenvalue weighted by Gasteiger charge is 2.17. The largest absolute Gasteiger partial charge is 0.550 e. The average Bonchev–Trinajstić information content (AvgIpc) is 3.12. The molecular formula is C21H16ClO7-. The second-order valence-corrected chi connectivity index (χ2v) is 7.02. The fourth-order valence-electron chi connectivity index (χ4n) is 3.21. The summed E-state index contributed by atoms with van der Waals surface area (Å²) in [4.78, 5) is 22.9. The molecule has 0 spiro atoms. The number of carboxylic acids is 1. The van der Waals surface area contributed by atoms with Gasteiger partial charge in [-0.15, -0.1) is 0 Å². The van der Waals surface area contributed by atoms with Crippen molar-refractivity contribution in [1.82, 2.24) is 0 Å². The van der Waals surface area contributed by atoms with E-state index in [0.29, 0.717) is 44.4 Å². The van der Waals surface area contributed by atoms with Crippen LogP contribution in [0.2, 0.25) is 5.02 Å². The summed E-state index contributed by atoms with van der Waals surface area (Å²) in [7, 11) is 0. The minimum absolute atomic E-state index is 0.0628. The fourth-order valence-corrected chi connectivity index (χ4v) is 3.42. The van der Waals surface area contributed by atoms with Crippen molar-refractivity contribution in [2.45, 2.75) is 26.4 Å². The van der Waals surface area contributed by atoms with Crippen LogP contribution in [0.4, 0.5) is 0 Å². The molecule has 0 saturated carbocycles. The molecule has 0 atom stereocenters. The molecule has 1 aromatic heterocycles. The van der Waals surface area contributed by atoms with Crippen molar-refractivity contribution < 1.29 is 28.5 Å². The number of carbonyl (C=O) groups excluding carboxylic acids is 1. The van der Waals surface area contributed by atoms with Crippen molar-refractivity contribution in [2.24, 2.45) is 0 Å². The summed E-state index contributed by atoms with van der Waals surface area (Å²) < 4.78 is 21.8. The second-order valence-electron chi connectivity index (χ2n) is 6.61. The number of carboxylic acid groups (broad SMARTS) is 1. The Morgan fingerprint density at radius 3 is 2.72 bits per heavy atom. The van der Waals surface area contributed by atoms with Gasteiger partial charge in [0.05, 0.1) is 5.02 Å². The molecule has 7 nitrogen and oxygen atoms in total. The van der Waals surface area contributed by atoms with Crippen LogP contribution in [-0.4, -0.2) is 12.8 Å². The maximum atomic E-state index is 12.2. The zero-order valence-electron chi connectivity index (χ0n) is 15.5. The van der Waals surface area contributed by atoms with E-state index in [4.69, 9.17) is 30.2 Å². The molecule has 3 aromatic rings. The molecule has 2 heterocycles. The maximum absolute atomic E-state index is 12.2. The van der Waals surface area contributed by atoms with Crippen molar-refractivity contribution in [1.29, 1.82) is 0 Å². The predicted molar refractivity (Wildman–Crippen MR) is 102 cm³/mol. The lowest BCUT2D eigenvalue weighted by molar-refractivity contribution is -0.305. The summed E-state index contributed by atoms with van der Waals surface area (Å²) in [6.07, 6.45) is -0.179. The smallest absolute Gasteiger partial charge is 0.339 e. The molecule has 0 saturated heterocycles. The molecule has 0 amide bonds. The van der Waals surface area contributed by atoms with Gasteiger partial charge >= 0.3 is 5.63 Å². The van der Waals surface area contributed by atoms with Crippen molar-refractivity contribution in [3.8, 4) is 17.2 Å². The van der Waals surface area contributed by atoms with Crippen LogP contribution in [0.5, 0.6) is 17.2 Å². The molecule has 0 N–H and O–H groups in total. The number of hydrogen-bond donors (Lipinski definition) is 0. The molecule has 29 heavy (non-hydrogen) atoms. The van der Waals surface area contributed by atoms with Crippen LogP contribution in [0.3, 0.4) is 0 Å². The zero-order chi connectivity index (χ0) is 20.5. The van der Waals surface area contributed by atoms with Crippen LogP contribution in [0.15, 0.2) is 39.5 Å². The number of aliphatic carboxylic acids is 1. The molecule has 0 aliphatic carbocycles. The van der Waals surface area contributed by atoms with Crippen molar-refractivity contribution >= 4 is 28.5 Å². The summed E-state index contributed by atoms with van der Waals surface area (Å²) >= 11 is 6.26. The monoisotopic (exact) mass is 415 g/mol. The van der Waals surface area contributed by atoms with Crippen LogP contribution in [-0.2, 0) is 17.8 Å². The molecule has 0 bridgehead atoms. The van der Waals surface area contributed by atoms with E-state index in [0.717, 1.165) is 5.56 Å². The molecule has 1 aliphatic rings. The first-order chi connectivity index (χ1) is 13.9. The molecule has 150 valence electrons. The lowest BCUT2D eigenvalue weighted by Gasteiger charge is -2.11. The van der Waals surface area contributed by atoms with E-state index in [1.807, 2.05) is 0 Å². The Bertz CT molecular complexity index is 1170. The Kier molecular flexibility index (Phi) is 5.07. The Hall–Kier alpha value is -3.19. The van der Waals surface area contributed by atoms with E-state index in [9.17, 15) is 14.7 Å². The van der Waals surface area contributed by atoms with Crippen molar-refractivity contribution in [2.75, 3.05) is 6.79 Å². The number of aryl methyl sites for hydroxylation is 1. The maximum Gasteiger partial charge on any atom is 0.339 e. The standard InChI is InChI=1S/C21H17ClO7/c1-11-14-3-2-13(7-17(14)29-21(25)15(11)4-5-20(23)24)26-9-12-6-18-19(8-16(12)22)28-10-27-18/h2-3,6-8H,4-5,9-10H2,1H3,(H,23,24)/p-1. The topological polar surface area (TPSA) is 98.0 Å². The van der Waals surface area contributed by atoms with Crippen LogP contribution >= 0.6 is 11.6 Å². The van der Waals surface area contributed by atoms with Gasteiger partial charge in [-0.2, -0.15) is 0 Å². The highest BCUT2D eigenvalue weighted by atomic mass is 35.5. The van der Waals surface area contributed by atoms with Gasteiger partial charge in [-0.1, -0.05) is 11.6 Å². The number of rotatable bonds is 6. The highest BCUT2D eigenvalue weighted by Crippen LogP contribution is 2.37. The van der Waals surface area contributed by atoms with Gasteiger partial charge < -0.3 is 28.5 Å². The van der Waals surface area contributed by atoms with E-state index in [2.05, 4.69) is 0 Å². The van der Waals surface area contributed by atoms with Gasteiger partial charge in [0.25, 0.3) is 0 Å². The number of carbonyl (C=O) groups is 1. The average molecular weight is 416 g/mol. The van der Waals surface area contributed by atoms with E-state index >= 15 is 0 Å². The third-order valence-corrected chi connectivity index (χ3v) is 5.13. The number of fused-ring (bicyclic) bond motifs is 2. The van der Waals surface area contributed by atoms with Crippen molar-refractivity contribution in [3.63, 3.8) is 0 Å². The Labute approximate surface area is 170 Å². The Morgan fingerprint density at radius 1 is 1.21 bits per heavy atom. The van der Waals surface area contributed by atoms with E-state index in [-0.39, 0.29) is 26.2 Å². The summed E-state index contributed by atoms with van der Waals surface area (Å²) in [5.74, 6) is 0.486. The van der Waals surface area contributed by atoms with Gasteiger partial charge in [0, 0.05) is 34.6 Å². The fraction of sp³-hybridized carbons (Fsp3) is 0.238. The second kappa shape index (κ2) is 7.67. The minimum atomic E-state index is -1.21. The van der Waals surface area contributed by atoms with E-state index in [1.54, 1.807) is 37.3 Å². The molecule has 0 unspecified atom stereocenters. The lowest BCUT2D eigenvalue weighted by atomic mass is 10.0. The van der Waals surface area contributed by atoms with Gasteiger partial charge in [0.15, 0.2) is 11.5 Å². The first-order valence-electron chi connectivity index (χ1n) is 8.89. The number of ether oxygens (including phenoxy) is 3. The first kappa shape index (κ1) is 19.1. The van der Waals surface area contributed by atoms with Crippen LogP contribution in [0.1, 0.15) is 23.1 Å². The normalized spacial score (nSPS) is 12.3. The zero-order valence-corrected chi connectivity index (χ0v) is 16.2. The molecule has 0 radical (unpaired) electrons. The molecule has 1 aliphatic heterocycles. The summed E-state index contributed by atoms with van der Waals surface area (Å²) in [6.45, 7) is 2.11. The molecule has 4 rings (SSSR count). The van der Waals surface area contributed by atoms with Crippen LogP contribution in [0.25, 0.3) is 11.0 Å². The van der Waals surface area contributed by atoms with Gasteiger partial charge in [-0.25, -0.2) is 4.79 Å². The van der Waals surface area contributed by atoms with Crippen LogP contribution < -0.4 is 24.9 Å². The van der Waals surface area contributed by atoms with Gasteiger partial charge in [-0.05, 0) is 43.5 Å². The Balaban J connectivity index is 1.57.